The first-order chi connectivity index (χ1) is 6.59. The summed E-state index contributed by atoms with van der Waals surface area (Å²) in [6.45, 7) is 0.228. The number of hydrogen-bond acceptors (Lipinski definition) is 1. The van der Waals surface area contributed by atoms with Gasteiger partial charge in [-0.2, -0.15) is 13.2 Å². The van der Waals surface area contributed by atoms with Crippen molar-refractivity contribution in [3.8, 4) is 0 Å². The van der Waals surface area contributed by atoms with E-state index in [1.165, 1.54) is 12.1 Å². The van der Waals surface area contributed by atoms with Crippen molar-refractivity contribution in [2.75, 3.05) is 11.9 Å². The van der Waals surface area contributed by atoms with Crippen LogP contribution < -0.4 is 5.32 Å². The van der Waals surface area contributed by atoms with E-state index in [4.69, 9.17) is 0 Å². The largest absolute Gasteiger partial charge is 0.416 e. The molecule has 0 saturated heterocycles. The monoisotopic (exact) mass is 199 g/mol. The van der Waals surface area contributed by atoms with Gasteiger partial charge in [0.2, 0.25) is 0 Å². The number of rotatable bonds is 0. The third-order valence-corrected chi connectivity index (χ3v) is 2.12. The minimum absolute atomic E-state index is 0.228. The number of nitrogens with one attached hydrogen (secondary N) is 1. The van der Waals surface area contributed by atoms with Gasteiger partial charge in [0, 0.05) is 17.8 Å². The second-order valence-corrected chi connectivity index (χ2v) is 3.04. The van der Waals surface area contributed by atoms with Gasteiger partial charge in [-0.25, -0.2) is 0 Å². The Bertz CT molecular complexity index is 379. The average Bonchev–Trinajstić information content (AvgIpc) is 2.15. The van der Waals surface area contributed by atoms with Crippen LogP contribution in [0.15, 0.2) is 30.3 Å². The van der Waals surface area contributed by atoms with E-state index < -0.39 is 11.7 Å². The van der Waals surface area contributed by atoms with Gasteiger partial charge < -0.3 is 5.32 Å². The van der Waals surface area contributed by atoms with Gasteiger partial charge in [-0.3, -0.25) is 0 Å². The zero-order chi connectivity index (χ0) is 10.2. The van der Waals surface area contributed by atoms with Crippen molar-refractivity contribution >= 4 is 11.3 Å². The third kappa shape index (κ3) is 1.47. The zero-order valence-corrected chi connectivity index (χ0v) is 7.23. The SMILES string of the molecule is FC(F)(F)C1=CCNc2ccccc21. The minimum Gasteiger partial charge on any atom is -0.381 e. The van der Waals surface area contributed by atoms with Gasteiger partial charge in [0.05, 0.1) is 5.57 Å². The molecule has 0 atom stereocenters. The number of allylic oxidation sites excluding steroid dienone is 1. The molecule has 1 aliphatic rings. The standard InChI is InChI=1S/C10H8F3N/c11-10(12,13)8-5-6-14-9-4-2-1-3-7(8)9/h1-5,14H,6H2. The van der Waals surface area contributed by atoms with Gasteiger partial charge in [-0.05, 0) is 6.07 Å². The summed E-state index contributed by atoms with van der Waals surface area (Å²) in [5, 5.41) is 2.89. The highest BCUT2D eigenvalue weighted by atomic mass is 19.4. The van der Waals surface area contributed by atoms with Crippen molar-refractivity contribution in [2.24, 2.45) is 0 Å². The van der Waals surface area contributed by atoms with Crippen LogP contribution in [0.2, 0.25) is 0 Å². The third-order valence-electron chi connectivity index (χ3n) is 2.12. The number of hydrogen-bond donors (Lipinski definition) is 1. The Kier molecular flexibility index (Phi) is 1.98. The summed E-state index contributed by atoms with van der Waals surface area (Å²) in [7, 11) is 0. The number of benzene rings is 1. The molecule has 2 rings (SSSR count). The second kappa shape index (κ2) is 3.04. The van der Waals surface area contributed by atoms with E-state index in [2.05, 4.69) is 5.32 Å². The van der Waals surface area contributed by atoms with Crippen molar-refractivity contribution in [3.05, 3.63) is 35.9 Å². The quantitative estimate of drug-likeness (QED) is 0.677. The Labute approximate surface area is 79.2 Å². The molecule has 1 aromatic rings. The molecule has 0 bridgehead atoms. The van der Waals surface area contributed by atoms with E-state index in [0.717, 1.165) is 0 Å². The molecule has 0 radical (unpaired) electrons. The Morgan fingerprint density at radius 1 is 1.14 bits per heavy atom. The number of alkyl halides is 3. The second-order valence-electron chi connectivity index (χ2n) is 3.04. The Hall–Kier alpha value is -1.45. The maximum absolute atomic E-state index is 12.5. The van der Waals surface area contributed by atoms with E-state index >= 15 is 0 Å². The van der Waals surface area contributed by atoms with Crippen LogP contribution in [-0.2, 0) is 0 Å². The van der Waals surface area contributed by atoms with Gasteiger partial charge >= 0.3 is 6.18 Å². The lowest BCUT2D eigenvalue weighted by Gasteiger charge is -2.20. The topological polar surface area (TPSA) is 12.0 Å². The molecule has 0 unspecified atom stereocenters. The van der Waals surface area contributed by atoms with Gasteiger partial charge in [-0.15, -0.1) is 0 Å². The maximum Gasteiger partial charge on any atom is 0.416 e. The van der Waals surface area contributed by atoms with Gasteiger partial charge in [0.1, 0.15) is 0 Å². The van der Waals surface area contributed by atoms with Crippen LogP contribution in [0, 0.1) is 0 Å². The predicted molar refractivity (Wildman–Crippen MR) is 49.0 cm³/mol. The van der Waals surface area contributed by atoms with Crippen LogP contribution in [0.1, 0.15) is 5.56 Å². The lowest BCUT2D eigenvalue weighted by molar-refractivity contribution is -0.0690. The molecule has 1 nitrogen and oxygen atoms in total. The van der Waals surface area contributed by atoms with Crippen LogP contribution in [0.5, 0.6) is 0 Å². The van der Waals surface area contributed by atoms with Crippen LogP contribution in [0.4, 0.5) is 18.9 Å². The fourth-order valence-corrected chi connectivity index (χ4v) is 1.51. The van der Waals surface area contributed by atoms with Crippen molar-refractivity contribution in [2.45, 2.75) is 6.18 Å². The smallest absolute Gasteiger partial charge is 0.381 e. The van der Waals surface area contributed by atoms with Gasteiger partial charge in [0.25, 0.3) is 0 Å². The first-order valence-electron chi connectivity index (χ1n) is 4.19. The van der Waals surface area contributed by atoms with Crippen LogP contribution in [-0.4, -0.2) is 12.7 Å². The molecular weight excluding hydrogens is 191 g/mol. The summed E-state index contributed by atoms with van der Waals surface area (Å²) in [6.07, 6.45) is -3.10. The molecule has 1 N–H and O–H groups in total. The summed E-state index contributed by atoms with van der Waals surface area (Å²) in [5.74, 6) is 0. The number of fused-ring (bicyclic) bond motifs is 1. The van der Waals surface area contributed by atoms with E-state index in [1.54, 1.807) is 18.2 Å². The normalized spacial score (nSPS) is 15.5. The molecule has 14 heavy (non-hydrogen) atoms. The molecule has 0 amide bonds. The number of anilines is 1. The van der Waals surface area contributed by atoms with E-state index in [-0.39, 0.29) is 12.1 Å². The molecule has 74 valence electrons. The maximum atomic E-state index is 12.5. The van der Waals surface area contributed by atoms with E-state index in [1.807, 2.05) is 0 Å². The molecule has 0 aromatic heterocycles. The van der Waals surface area contributed by atoms with Crippen molar-refractivity contribution < 1.29 is 13.2 Å². The zero-order valence-electron chi connectivity index (χ0n) is 7.23. The number of para-hydroxylation sites is 1. The fraction of sp³-hybridized carbons (Fsp3) is 0.200. The summed E-state index contributed by atoms with van der Waals surface area (Å²) in [5.41, 5.74) is 0.223. The van der Waals surface area contributed by atoms with E-state index in [0.29, 0.717) is 5.69 Å². The Balaban J connectivity index is 2.51. The molecule has 1 heterocycles. The van der Waals surface area contributed by atoms with E-state index in [9.17, 15) is 13.2 Å². The van der Waals surface area contributed by atoms with Gasteiger partial charge in [0.15, 0.2) is 0 Å². The average molecular weight is 199 g/mol. The van der Waals surface area contributed by atoms with Crippen LogP contribution >= 0.6 is 0 Å². The molecule has 1 aliphatic heterocycles. The molecule has 0 fully saturated rings. The Morgan fingerprint density at radius 3 is 2.57 bits per heavy atom. The summed E-state index contributed by atoms with van der Waals surface area (Å²) < 4.78 is 37.6. The highest BCUT2D eigenvalue weighted by Gasteiger charge is 2.36. The summed E-state index contributed by atoms with van der Waals surface area (Å²) in [6, 6.07) is 6.44. The lowest BCUT2D eigenvalue weighted by Crippen LogP contribution is -2.17. The van der Waals surface area contributed by atoms with Gasteiger partial charge in [-0.1, -0.05) is 24.3 Å². The number of halogens is 3. The molecule has 4 heteroatoms. The van der Waals surface area contributed by atoms with Crippen LogP contribution in [0.25, 0.3) is 5.57 Å². The van der Waals surface area contributed by atoms with Crippen molar-refractivity contribution in [1.82, 2.24) is 0 Å². The molecule has 0 aliphatic carbocycles. The first-order valence-corrected chi connectivity index (χ1v) is 4.19. The molecular formula is C10H8F3N. The molecule has 0 spiro atoms. The predicted octanol–water partition coefficient (Wildman–Crippen LogP) is 3.06. The Morgan fingerprint density at radius 2 is 1.86 bits per heavy atom. The summed E-state index contributed by atoms with van der Waals surface area (Å²) in [4.78, 5) is 0. The highest BCUT2D eigenvalue weighted by molar-refractivity contribution is 5.81. The molecule has 0 saturated carbocycles. The van der Waals surface area contributed by atoms with Crippen molar-refractivity contribution in [3.63, 3.8) is 0 Å². The summed E-state index contributed by atoms with van der Waals surface area (Å²) >= 11 is 0. The fourth-order valence-electron chi connectivity index (χ4n) is 1.51. The first kappa shape index (κ1) is 9.12. The van der Waals surface area contributed by atoms with Crippen molar-refractivity contribution in [1.29, 1.82) is 0 Å². The highest BCUT2D eigenvalue weighted by Crippen LogP contribution is 2.38. The lowest BCUT2D eigenvalue weighted by atomic mass is 10.0. The molecule has 1 aromatic carbocycles. The van der Waals surface area contributed by atoms with Crippen LogP contribution in [0.3, 0.4) is 0 Å². The minimum atomic E-state index is -4.27.